The van der Waals surface area contributed by atoms with Gasteiger partial charge in [0.25, 0.3) is 0 Å². The summed E-state index contributed by atoms with van der Waals surface area (Å²) in [5.41, 5.74) is 0. The van der Waals surface area contributed by atoms with Crippen molar-refractivity contribution in [3.05, 3.63) is 0 Å². The molecule has 2 heterocycles. The number of esters is 2. The molecule has 166 valence electrons. The highest BCUT2D eigenvalue weighted by atomic mass is 16.6. The molecule has 3 fully saturated rings. The van der Waals surface area contributed by atoms with Crippen LogP contribution in [0.4, 0.5) is 0 Å². The van der Waals surface area contributed by atoms with Gasteiger partial charge in [0.2, 0.25) is 0 Å². The van der Waals surface area contributed by atoms with Gasteiger partial charge >= 0.3 is 11.9 Å². The summed E-state index contributed by atoms with van der Waals surface area (Å²) in [4.78, 5) is 24.1. The first kappa shape index (κ1) is 22.5. The zero-order valence-corrected chi connectivity index (χ0v) is 17.9. The van der Waals surface area contributed by atoms with Crippen LogP contribution >= 0.6 is 0 Å². The van der Waals surface area contributed by atoms with E-state index in [1.807, 2.05) is 6.92 Å². The summed E-state index contributed by atoms with van der Waals surface area (Å²) >= 11 is 0. The molecular weight excluding hydrogens is 372 g/mol. The molecule has 0 N–H and O–H groups in total. The van der Waals surface area contributed by atoms with Crippen molar-refractivity contribution in [2.24, 2.45) is 11.8 Å². The third-order valence-corrected chi connectivity index (χ3v) is 6.43. The average Bonchev–Trinajstić information content (AvgIpc) is 3.50. The Kier molecular flexibility index (Phi) is 9.25. The van der Waals surface area contributed by atoms with Gasteiger partial charge in [-0.05, 0) is 51.9 Å². The lowest BCUT2D eigenvalue weighted by Crippen LogP contribution is -2.29. The van der Waals surface area contributed by atoms with Crippen molar-refractivity contribution in [3.8, 4) is 0 Å². The van der Waals surface area contributed by atoms with Gasteiger partial charge < -0.3 is 18.9 Å². The van der Waals surface area contributed by atoms with Crippen molar-refractivity contribution >= 4 is 11.9 Å². The maximum Gasteiger partial charge on any atom is 0.309 e. The summed E-state index contributed by atoms with van der Waals surface area (Å²) in [5, 5.41) is 0. The normalized spacial score (nSPS) is 31.0. The van der Waals surface area contributed by atoms with E-state index in [0.29, 0.717) is 32.0 Å². The van der Waals surface area contributed by atoms with Crippen molar-refractivity contribution < 1.29 is 28.5 Å². The summed E-state index contributed by atoms with van der Waals surface area (Å²) in [5.74, 6) is 0.00345. The molecule has 0 aromatic rings. The molecule has 5 unspecified atom stereocenters. The Morgan fingerprint density at radius 2 is 1.34 bits per heavy atom. The fourth-order valence-electron chi connectivity index (χ4n) is 4.50. The first-order valence-corrected chi connectivity index (χ1v) is 11.7. The number of fused-ring (bicyclic) bond motifs is 1. The first-order chi connectivity index (χ1) is 14.1. The maximum absolute atomic E-state index is 12.0. The molecule has 2 saturated heterocycles. The average molecular weight is 411 g/mol. The van der Waals surface area contributed by atoms with Gasteiger partial charge in [0.1, 0.15) is 0 Å². The van der Waals surface area contributed by atoms with E-state index in [2.05, 4.69) is 0 Å². The number of hydrogen-bond acceptors (Lipinski definition) is 6. The number of epoxide rings is 1. The number of carbonyl (C=O) groups is 2. The molecule has 6 heteroatoms. The van der Waals surface area contributed by atoms with Crippen LogP contribution in [0.2, 0.25) is 0 Å². The summed E-state index contributed by atoms with van der Waals surface area (Å²) < 4.78 is 21.8. The molecule has 1 saturated carbocycles. The van der Waals surface area contributed by atoms with E-state index in [1.165, 1.54) is 12.8 Å². The van der Waals surface area contributed by atoms with Crippen molar-refractivity contribution in [2.45, 2.75) is 102 Å². The van der Waals surface area contributed by atoms with Crippen LogP contribution in [0, 0.1) is 11.8 Å². The molecule has 0 bridgehead atoms. The van der Waals surface area contributed by atoms with Gasteiger partial charge in [-0.1, -0.05) is 32.1 Å². The molecule has 1 aliphatic carbocycles. The predicted octanol–water partition coefficient (Wildman–Crippen LogP) is 4.19. The van der Waals surface area contributed by atoms with Gasteiger partial charge in [-0.25, -0.2) is 0 Å². The number of rotatable bonds is 12. The Labute approximate surface area is 175 Å². The molecule has 3 aliphatic rings. The largest absolute Gasteiger partial charge is 0.465 e. The molecule has 29 heavy (non-hydrogen) atoms. The summed E-state index contributed by atoms with van der Waals surface area (Å²) in [6.07, 6.45) is 12.9. The van der Waals surface area contributed by atoms with Crippen LogP contribution in [-0.2, 0) is 28.5 Å². The Bertz CT molecular complexity index is 495. The fourth-order valence-corrected chi connectivity index (χ4v) is 4.50. The van der Waals surface area contributed by atoms with E-state index in [1.54, 1.807) is 0 Å². The van der Waals surface area contributed by atoms with Gasteiger partial charge in [0.05, 0.1) is 43.4 Å². The predicted molar refractivity (Wildman–Crippen MR) is 108 cm³/mol. The smallest absolute Gasteiger partial charge is 0.309 e. The van der Waals surface area contributed by atoms with Gasteiger partial charge in [-0.3, -0.25) is 9.59 Å². The Morgan fingerprint density at radius 1 is 0.759 bits per heavy atom. The van der Waals surface area contributed by atoms with Crippen LogP contribution in [0.25, 0.3) is 0 Å². The van der Waals surface area contributed by atoms with Crippen LogP contribution in [0.5, 0.6) is 0 Å². The lowest BCUT2D eigenvalue weighted by molar-refractivity contribution is -0.153. The van der Waals surface area contributed by atoms with E-state index < -0.39 is 0 Å². The molecular formula is C23H38O6. The monoisotopic (exact) mass is 410 g/mol. The number of ether oxygens (including phenoxy) is 4. The highest BCUT2D eigenvalue weighted by Crippen LogP contribution is 2.39. The lowest BCUT2D eigenvalue weighted by Gasteiger charge is -2.25. The topological polar surface area (TPSA) is 74.4 Å². The van der Waals surface area contributed by atoms with Gasteiger partial charge in [-0.15, -0.1) is 0 Å². The van der Waals surface area contributed by atoms with Crippen LogP contribution in [-0.4, -0.2) is 50.1 Å². The molecule has 3 rings (SSSR count). The zero-order chi connectivity index (χ0) is 20.5. The minimum Gasteiger partial charge on any atom is -0.465 e. The van der Waals surface area contributed by atoms with Crippen LogP contribution < -0.4 is 0 Å². The fraction of sp³-hybridized carbons (Fsp3) is 0.913. The van der Waals surface area contributed by atoms with Crippen LogP contribution in [0.15, 0.2) is 0 Å². The standard InChI is InChI=1S/C23H38O6/c1-17-15-19(11-14-26-17)23(25)28-13-8-6-4-2-3-5-7-12-27-22(24)18-9-10-20-21(16-18)29-20/h17-21H,2-16H2,1H3. The highest BCUT2D eigenvalue weighted by molar-refractivity contribution is 5.73. The molecule has 5 atom stereocenters. The maximum atomic E-state index is 12.0. The molecule has 0 aromatic heterocycles. The summed E-state index contributed by atoms with van der Waals surface area (Å²) in [7, 11) is 0. The second-order valence-corrected chi connectivity index (χ2v) is 8.94. The summed E-state index contributed by atoms with van der Waals surface area (Å²) in [6.45, 7) is 3.76. The second-order valence-electron chi connectivity index (χ2n) is 8.94. The molecule has 0 amide bonds. The third-order valence-electron chi connectivity index (χ3n) is 6.43. The van der Waals surface area contributed by atoms with Gasteiger partial charge in [0.15, 0.2) is 0 Å². The Hall–Kier alpha value is -1.14. The van der Waals surface area contributed by atoms with Crippen LogP contribution in [0.3, 0.4) is 0 Å². The van der Waals surface area contributed by atoms with E-state index in [0.717, 1.165) is 64.2 Å². The summed E-state index contributed by atoms with van der Waals surface area (Å²) in [6, 6.07) is 0. The molecule has 0 aromatic carbocycles. The van der Waals surface area contributed by atoms with Gasteiger partial charge in [0, 0.05) is 6.61 Å². The van der Waals surface area contributed by atoms with Crippen LogP contribution in [0.1, 0.15) is 84.0 Å². The number of hydrogen-bond donors (Lipinski definition) is 0. The SMILES string of the molecule is CC1CC(C(=O)OCCCCCCCCCOC(=O)C2CCC3OC3C2)CCO1. The van der Waals surface area contributed by atoms with Crippen molar-refractivity contribution in [1.29, 1.82) is 0 Å². The number of carbonyl (C=O) groups excluding carboxylic acids is 2. The van der Waals surface area contributed by atoms with E-state index >= 15 is 0 Å². The second kappa shape index (κ2) is 11.9. The Balaban J connectivity index is 1.07. The van der Waals surface area contributed by atoms with E-state index in [9.17, 15) is 9.59 Å². The van der Waals surface area contributed by atoms with Crippen molar-refractivity contribution in [1.82, 2.24) is 0 Å². The minimum atomic E-state index is -0.0487. The minimum absolute atomic E-state index is 0.0184. The highest BCUT2D eigenvalue weighted by Gasteiger charge is 2.46. The molecule has 0 radical (unpaired) electrons. The lowest BCUT2D eigenvalue weighted by atomic mass is 9.89. The quantitative estimate of drug-likeness (QED) is 0.273. The van der Waals surface area contributed by atoms with Crippen molar-refractivity contribution in [2.75, 3.05) is 19.8 Å². The molecule has 0 spiro atoms. The number of unbranched alkanes of at least 4 members (excludes halogenated alkanes) is 6. The third kappa shape index (κ3) is 7.89. The molecule has 6 nitrogen and oxygen atoms in total. The first-order valence-electron chi connectivity index (χ1n) is 11.7. The zero-order valence-electron chi connectivity index (χ0n) is 17.9. The van der Waals surface area contributed by atoms with E-state index in [4.69, 9.17) is 18.9 Å². The van der Waals surface area contributed by atoms with Gasteiger partial charge in [-0.2, -0.15) is 0 Å². The van der Waals surface area contributed by atoms with Crippen molar-refractivity contribution in [3.63, 3.8) is 0 Å². The molecule has 2 aliphatic heterocycles. The Morgan fingerprint density at radius 3 is 1.93 bits per heavy atom. The van der Waals surface area contributed by atoms with E-state index in [-0.39, 0.29) is 29.9 Å².